The van der Waals surface area contributed by atoms with Crippen molar-refractivity contribution in [1.82, 2.24) is 0 Å². The quantitative estimate of drug-likeness (QED) is 0.459. The van der Waals surface area contributed by atoms with E-state index in [-0.39, 0.29) is 12.2 Å². The summed E-state index contributed by atoms with van der Waals surface area (Å²) in [5.41, 5.74) is 7.55. The maximum absolute atomic E-state index is 10.9. The molecule has 0 saturated heterocycles. The minimum Gasteiger partial charge on any atom is -0.508 e. The van der Waals surface area contributed by atoms with Crippen LogP contribution in [0.25, 0.3) is 0 Å². The van der Waals surface area contributed by atoms with E-state index < -0.39 is 12.0 Å². The lowest BCUT2D eigenvalue weighted by Crippen LogP contribution is -2.32. The second kappa shape index (κ2) is 8.86. The van der Waals surface area contributed by atoms with E-state index in [9.17, 15) is 9.90 Å². The number of aliphatic carboxylic acids is 1. The van der Waals surface area contributed by atoms with Gasteiger partial charge in [-0.1, -0.05) is 12.1 Å². The lowest BCUT2D eigenvalue weighted by atomic mass is 10.1. The number of benzene rings is 2. The average Bonchev–Trinajstić information content (AvgIpc) is 2.51. The number of carboxylic acids is 1. The zero-order valence-corrected chi connectivity index (χ0v) is 17.0. The fourth-order valence-corrected chi connectivity index (χ4v) is 4.35. The standard InChI is InChI=1S/C17H17I2NO4/c18-13-7-11(9-15(20)17(22)23)8-14(19)16(13)24-6-5-10-1-3-12(21)4-2-10/h1-4,7-8,15,21H,5-6,9,20H2,(H,22,23). The monoisotopic (exact) mass is 553 g/mol. The van der Waals surface area contributed by atoms with Gasteiger partial charge in [-0.25, -0.2) is 0 Å². The Morgan fingerprint density at radius 1 is 1.12 bits per heavy atom. The SMILES string of the molecule is NC(Cc1cc(I)c(OCCc2ccc(O)cc2)c(I)c1)C(=O)O. The molecule has 0 bridgehead atoms. The van der Waals surface area contributed by atoms with Crippen molar-refractivity contribution < 1.29 is 19.7 Å². The van der Waals surface area contributed by atoms with Crippen LogP contribution < -0.4 is 10.5 Å². The first-order valence-electron chi connectivity index (χ1n) is 7.24. The topological polar surface area (TPSA) is 92.8 Å². The lowest BCUT2D eigenvalue weighted by molar-refractivity contribution is -0.138. The van der Waals surface area contributed by atoms with Crippen LogP contribution in [-0.4, -0.2) is 28.8 Å². The molecule has 0 amide bonds. The Morgan fingerprint density at radius 2 is 1.71 bits per heavy atom. The minimum atomic E-state index is -1.01. The molecule has 128 valence electrons. The number of aromatic hydroxyl groups is 1. The van der Waals surface area contributed by atoms with Crippen LogP contribution in [0.4, 0.5) is 0 Å². The largest absolute Gasteiger partial charge is 0.508 e. The number of carbonyl (C=O) groups is 1. The van der Waals surface area contributed by atoms with Crippen LogP contribution in [0.1, 0.15) is 11.1 Å². The molecule has 0 aliphatic rings. The van der Waals surface area contributed by atoms with E-state index >= 15 is 0 Å². The molecule has 2 rings (SSSR count). The van der Waals surface area contributed by atoms with Crippen molar-refractivity contribution >= 4 is 51.2 Å². The third-order valence-electron chi connectivity index (χ3n) is 3.40. The van der Waals surface area contributed by atoms with Crippen molar-refractivity contribution in [3.63, 3.8) is 0 Å². The van der Waals surface area contributed by atoms with E-state index in [1.54, 1.807) is 12.1 Å². The number of halogens is 2. The molecule has 2 aromatic carbocycles. The van der Waals surface area contributed by atoms with Gasteiger partial charge in [-0.05, 0) is 87.0 Å². The second-order valence-corrected chi connectivity index (χ2v) is 7.63. The molecule has 0 saturated carbocycles. The zero-order chi connectivity index (χ0) is 17.7. The molecule has 0 heterocycles. The van der Waals surface area contributed by atoms with Crippen molar-refractivity contribution in [3.8, 4) is 11.5 Å². The van der Waals surface area contributed by atoms with Gasteiger partial charge in [0.05, 0.1) is 13.7 Å². The molecular formula is C17H17I2NO4. The van der Waals surface area contributed by atoms with Crippen LogP contribution in [0.2, 0.25) is 0 Å². The number of hydrogen-bond donors (Lipinski definition) is 3. The van der Waals surface area contributed by atoms with Gasteiger partial charge in [-0.3, -0.25) is 4.79 Å². The fraction of sp³-hybridized carbons (Fsp3) is 0.235. The van der Waals surface area contributed by atoms with Gasteiger partial charge < -0.3 is 20.7 Å². The van der Waals surface area contributed by atoms with Gasteiger partial charge in [0.15, 0.2) is 0 Å². The van der Waals surface area contributed by atoms with Crippen LogP contribution in [0, 0.1) is 7.14 Å². The van der Waals surface area contributed by atoms with Gasteiger partial charge >= 0.3 is 5.97 Å². The third kappa shape index (κ3) is 5.49. The summed E-state index contributed by atoms with van der Waals surface area (Å²) < 4.78 is 7.74. The van der Waals surface area contributed by atoms with Crippen molar-refractivity contribution in [2.45, 2.75) is 18.9 Å². The molecular weight excluding hydrogens is 536 g/mol. The summed E-state index contributed by atoms with van der Waals surface area (Å²) in [6.07, 6.45) is 1.02. The van der Waals surface area contributed by atoms with E-state index in [0.717, 1.165) is 30.4 Å². The molecule has 1 atom stereocenters. The summed E-state index contributed by atoms with van der Waals surface area (Å²) in [7, 11) is 0. The first kappa shape index (κ1) is 19.3. The normalized spacial score (nSPS) is 12.0. The molecule has 4 N–H and O–H groups in total. The predicted octanol–water partition coefficient (Wildman–Crippen LogP) is 3.18. The van der Waals surface area contributed by atoms with Crippen molar-refractivity contribution in [3.05, 3.63) is 54.7 Å². The molecule has 2 aromatic rings. The minimum absolute atomic E-state index is 0.249. The highest BCUT2D eigenvalue weighted by molar-refractivity contribution is 14.1. The number of phenols is 1. The molecule has 0 aliphatic carbocycles. The number of hydrogen-bond acceptors (Lipinski definition) is 4. The van der Waals surface area contributed by atoms with Gasteiger partial charge in [-0.2, -0.15) is 0 Å². The number of carboxylic acid groups (broad SMARTS) is 1. The molecule has 1 unspecified atom stereocenters. The summed E-state index contributed by atoms with van der Waals surface area (Å²) in [4.78, 5) is 10.9. The molecule has 0 radical (unpaired) electrons. The Bertz CT molecular complexity index is 696. The second-order valence-electron chi connectivity index (χ2n) is 5.30. The number of nitrogens with two attached hydrogens (primary N) is 1. The molecule has 0 spiro atoms. The fourth-order valence-electron chi connectivity index (χ4n) is 2.14. The molecule has 0 aromatic heterocycles. The first-order chi connectivity index (χ1) is 11.4. The van der Waals surface area contributed by atoms with Crippen LogP contribution in [-0.2, 0) is 17.6 Å². The molecule has 0 fully saturated rings. The summed E-state index contributed by atoms with van der Waals surface area (Å²) >= 11 is 4.37. The highest BCUT2D eigenvalue weighted by Gasteiger charge is 2.15. The van der Waals surface area contributed by atoms with Crippen LogP contribution in [0.3, 0.4) is 0 Å². The molecule has 0 aliphatic heterocycles. The predicted molar refractivity (Wildman–Crippen MR) is 108 cm³/mol. The van der Waals surface area contributed by atoms with Crippen LogP contribution >= 0.6 is 45.2 Å². The van der Waals surface area contributed by atoms with Crippen molar-refractivity contribution in [1.29, 1.82) is 0 Å². The van der Waals surface area contributed by atoms with Crippen LogP contribution in [0.5, 0.6) is 11.5 Å². The third-order valence-corrected chi connectivity index (χ3v) is 5.01. The van der Waals surface area contributed by atoms with Gasteiger partial charge in [0.1, 0.15) is 17.5 Å². The van der Waals surface area contributed by atoms with Gasteiger partial charge in [0, 0.05) is 6.42 Å². The van der Waals surface area contributed by atoms with E-state index in [2.05, 4.69) is 45.2 Å². The number of rotatable bonds is 7. The van der Waals surface area contributed by atoms with Crippen molar-refractivity contribution in [2.24, 2.45) is 5.73 Å². The van der Waals surface area contributed by atoms with Crippen LogP contribution in [0.15, 0.2) is 36.4 Å². The first-order valence-corrected chi connectivity index (χ1v) is 9.39. The Hall–Kier alpha value is -1.07. The van der Waals surface area contributed by atoms with Gasteiger partial charge in [0.25, 0.3) is 0 Å². The Kier molecular flexibility index (Phi) is 7.11. The zero-order valence-electron chi connectivity index (χ0n) is 12.7. The summed E-state index contributed by atoms with van der Waals surface area (Å²) in [6, 6.07) is 9.95. The highest BCUT2D eigenvalue weighted by atomic mass is 127. The van der Waals surface area contributed by atoms with Crippen molar-refractivity contribution in [2.75, 3.05) is 6.61 Å². The molecule has 24 heavy (non-hydrogen) atoms. The highest BCUT2D eigenvalue weighted by Crippen LogP contribution is 2.29. The molecule has 5 nitrogen and oxygen atoms in total. The van der Waals surface area contributed by atoms with Gasteiger partial charge in [-0.15, -0.1) is 0 Å². The average molecular weight is 553 g/mol. The Morgan fingerprint density at radius 3 is 2.25 bits per heavy atom. The summed E-state index contributed by atoms with van der Waals surface area (Å²) in [6.45, 7) is 0.519. The summed E-state index contributed by atoms with van der Waals surface area (Å²) in [5, 5.41) is 18.2. The smallest absolute Gasteiger partial charge is 0.320 e. The van der Waals surface area contributed by atoms with Gasteiger partial charge in [0.2, 0.25) is 0 Å². The maximum atomic E-state index is 10.9. The number of ether oxygens (including phenoxy) is 1. The maximum Gasteiger partial charge on any atom is 0.320 e. The summed E-state index contributed by atoms with van der Waals surface area (Å²) in [5.74, 6) is 0.0378. The molecule has 7 heteroatoms. The Labute approximate surface area is 167 Å². The Balaban J connectivity index is 2.00. The lowest BCUT2D eigenvalue weighted by Gasteiger charge is -2.13. The van der Waals surface area contributed by atoms with E-state index in [0.29, 0.717) is 6.61 Å². The number of phenolic OH excluding ortho intramolecular Hbond substituents is 1. The van der Waals surface area contributed by atoms with E-state index in [1.807, 2.05) is 24.3 Å². The van der Waals surface area contributed by atoms with E-state index in [4.69, 9.17) is 15.6 Å². The van der Waals surface area contributed by atoms with E-state index in [1.165, 1.54) is 0 Å².